The smallest absolute Gasteiger partial charge is 0.226 e. The van der Waals surface area contributed by atoms with Gasteiger partial charge in [0.25, 0.3) is 0 Å². The number of carbonyl (C=O) groups is 1. The Balaban J connectivity index is 0.00000370. The molecule has 0 saturated heterocycles. The van der Waals surface area contributed by atoms with E-state index in [1.54, 1.807) is 18.4 Å². The van der Waals surface area contributed by atoms with Gasteiger partial charge in [-0.1, -0.05) is 0 Å². The maximum absolute atomic E-state index is 12.9. The minimum Gasteiger partial charge on any atom is -0.390 e. The summed E-state index contributed by atoms with van der Waals surface area (Å²) in [5.74, 6) is 0.308. The molecule has 3 aromatic heterocycles. The number of fused-ring (bicyclic) bond motifs is 1. The summed E-state index contributed by atoms with van der Waals surface area (Å²) in [6.07, 6.45) is 1.97. The molecule has 4 atom stereocenters. The number of hydrogen-bond donors (Lipinski definition) is 5. The molecule has 218 valence electrons. The lowest BCUT2D eigenvalue weighted by molar-refractivity contribution is -0.130. The van der Waals surface area contributed by atoms with Gasteiger partial charge in [-0.2, -0.15) is 4.98 Å². The lowest BCUT2D eigenvalue weighted by Crippen LogP contribution is -2.46. The van der Waals surface area contributed by atoms with E-state index in [1.807, 2.05) is 40.0 Å². The average molecular weight is 592 g/mol. The number of anilines is 2. The van der Waals surface area contributed by atoms with Crippen LogP contribution in [0, 0.1) is 12.8 Å². The standard InChI is InChI=1S/C27H37N7O4S.ClH/c1-13-18(25-32-20-17(39-25)8-9-28-19(20)14-6-7-14)23(33-26(30-13)29-10-11-38-5)31-16-12-15(21(35)22(16)36)24(37)34-27(2,3)4;/h8-9,14-16,21-22,35-36H,6-7,10-12H2,1-5H3,(H,34,37)(H2,29,30,31,33);1H/t15-,16+,21+,22-;/m0./s1. The maximum Gasteiger partial charge on any atom is 0.226 e. The Kier molecular flexibility index (Phi) is 9.15. The van der Waals surface area contributed by atoms with E-state index in [1.165, 1.54) is 0 Å². The fourth-order valence-electron chi connectivity index (χ4n) is 4.99. The number of halogens is 1. The van der Waals surface area contributed by atoms with Gasteiger partial charge in [0.2, 0.25) is 11.9 Å². The second-order valence-electron chi connectivity index (χ2n) is 11.4. The van der Waals surface area contributed by atoms with Gasteiger partial charge in [0.1, 0.15) is 22.4 Å². The number of aliphatic hydroxyl groups is 2. The van der Waals surface area contributed by atoms with Crippen molar-refractivity contribution in [1.82, 2.24) is 25.3 Å². The average Bonchev–Trinajstić information content (AvgIpc) is 3.56. The molecule has 0 aromatic carbocycles. The minimum atomic E-state index is -1.20. The van der Waals surface area contributed by atoms with Crippen molar-refractivity contribution in [2.75, 3.05) is 30.9 Å². The molecule has 1 amide bonds. The molecule has 2 aliphatic carbocycles. The van der Waals surface area contributed by atoms with Crippen molar-refractivity contribution in [3.8, 4) is 10.6 Å². The molecule has 3 heterocycles. The molecule has 2 saturated carbocycles. The van der Waals surface area contributed by atoms with Crippen LogP contribution in [0.4, 0.5) is 11.8 Å². The molecule has 2 fully saturated rings. The molecular formula is C27H38ClN7O4S. The maximum atomic E-state index is 12.9. The van der Waals surface area contributed by atoms with Gasteiger partial charge in [0.05, 0.1) is 46.3 Å². The van der Waals surface area contributed by atoms with E-state index in [0.717, 1.165) is 39.3 Å². The van der Waals surface area contributed by atoms with E-state index >= 15 is 0 Å². The molecule has 11 nitrogen and oxygen atoms in total. The molecule has 5 N–H and O–H groups in total. The number of nitrogens with zero attached hydrogens (tertiary/aromatic N) is 4. The summed E-state index contributed by atoms with van der Waals surface area (Å²) in [6.45, 7) is 8.55. The highest BCUT2D eigenvalue weighted by Gasteiger charge is 2.46. The first-order valence-electron chi connectivity index (χ1n) is 13.4. The summed E-state index contributed by atoms with van der Waals surface area (Å²) < 4.78 is 6.19. The number of ether oxygens (including phenoxy) is 1. The van der Waals surface area contributed by atoms with Crippen LogP contribution < -0.4 is 16.0 Å². The van der Waals surface area contributed by atoms with Crippen molar-refractivity contribution in [2.24, 2.45) is 5.92 Å². The number of aryl methyl sites for hydroxylation is 1. The Bertz CT molecular complexity index is 1360. The third kappa shape index (κ3) is 6.46. The first-order valence-corrected chi connectivity index (χ1v) is 14.2. The largest absolute Gasteiger partial charge is 0.390 e. The molecule has 0 bridgehead atoms. The molecule has 0 spiro atoms. The van der Waals surface area contributed by atoms with Crippen molar-refractivity contribution >= 4 is 51.6 Å². The predicted octanol–water partition coefficient (Wildman–Crippen LogP) is 3.25. The highest BCUT2D eigenvalue weighted by Crippen LogP contribution is 2.44. The number of rotatable bonds is 9. The Morgan fingerprint density at radius 1 is 1.18 bits per heavy atom. The Morgan fingerprint density at radius 2 is 1.93 bits per heavy atom. The van der Waals surface area contributed by atoms with Crippen LogP contribution in [0.2, 0.25) is 0 Å². The number of aromatic nitrogens is 4. The summed E-state index contributed by atoms with van der Waals surface area (Å²) in [5, 5.41) is 31.9. The van der Waals surface area contributed by atoms with Gasteiger partial charge in [-0.15, -0.1) is 23.7 Å². The molecule has 13 heteroatoms. The van der Waals surface area contributed by atoms with Gasteiger partial charge >= 0.3 is 0 Å². The van der Waals surface area contributed by atoms with Crippen LogP contribution in [0.1, 0.15) is 57.3 Å². The van der Waals surface area contributed by atoms with E-state index in [-0.39, 0.29) is 24.7 Å². The molecule has 0 radical (unpaired) electrons. The lowest BCUT2D eigenvalue weighted by atomic mass is 10.0. The second-order valence-corrected chi connectivity index (χ2v) is 12.5. The second kappa shape index (κ2) is 12.1. The van der Waals surface area contributed by atoms with Crippen molar-refractivity contribution in [2.45, 2.75) is 76.7 Å². The Hall–Kier alpha value is -2.64. The number of amides is 1. The van der Waals surface area contributed by atoms with Gasteiger partial charge in [-0.05, 0) is 53.0 Å². The Labute approximate surface area is 244 Å². The van der Waals surface area contributed by atoms with Gasteiger partial charge < -0.3 is 30.9 Å². The van der Waals surface area contributed by atoms with Crippen molar-refractivity contribution in [3.63, 3.8) is 0 Å². The van der Waals surface area contributed by atoms with Crippen LogP contribution in [-0.2, 0) is 9.53 Å². The topological polar surface area (TPSA) is 154 Å². The molecule has 0 unspecified atom stereocenters. The molecule has 5 rings (SSSR count). The highest BCUT2D eigenvalue weighted by molar-refractivity contribution is 7.21. The summed E-state index contributed by atoms with van der Waals surface area (Å²) in [7, 11) is 1.63. The number of methoxy groups -OCH3 is 1. The van der Waals surface area contributed by atoms with Crippen LogP contribution in [0.5, 0.6) is 0 Å². The number of pyridine rings is 1. The van der Waals surface area contributed by atoms with Crippen molar-refractivity contribution in [3.05, 3.63) is 23.7 Å². The quantitative estimate of drug-likeness (QED) is 0.234. The van der Waals surface area contributed by atoms with E-state index in [0.29, 0.717) is 36.5 Å². The Morgan fingerprint density at radius 3 is 2.60 bits per heavy atom. The number of hydrogen-bond acceptors (Lipinski definition) is 11. The normalized spacial score (nSPS) is 22.7. The van der Waals surface area contributed by atoms with Crippen LogP contribution in [0.15, 0.2) is 12.3 Å². The summed E-state index contributed by atoms with van der Waals surface area (Å²) in [4.78, 5) is 31.9. The van der Waals surface area contributed by atoms with E-state index in [9.17, 15) is 15.0 Å². The third-order valence-electron chi connectivity index (χ3n) is 7.03. The predicted molar refractivity (Wildman–Crippen MR) is 158 cm³/mol. The molecule has 40 heavy (non-hydrogen) atoms. The fourth-order valence-corrected chi connectivity index (χ4v) is 6.05. The van der Waals surface area contributed by atoms with Crippen molar-refractivity contribution < 1.29 is 19.7 Å². The van der Waals surface area contributed by atoms with E-state index in [2.05, 4.69) is 25.9 Å². The molecule has 3 aromatic rings. The highest BCUT2D eigenvalue weighted by atomic mass is 35.5. The summed E-state index contributed by atoms with van der Waals surface area (Å²) in [5.41, 5.74) is 2.92. The summed E-state index contributed by atoms with van der Waals surface area (Å²) in [6, 6.07) is 1.37. The zero-order valence-corrected chi connectivity index (χ0v) is 25.0. The zero-order chi connectivity index (χ0) is 27.9. The minimum absolute atomic E-state index is 0. The zero-order valence-electron chi connectivity index (χ0n) is 23.4. The van der Waals surface area contributed by atoms with Gasteiger partial charge in [0.15, 0.2) is 0 Å². The van der Waals surface area contributed by atoms with Gasteiger partial charge in [-0.25, -0.2) is 9.97 Å². The number of carbonyl (C=O) groups excluding carboxylic acids is 1. The lowest BCUT2D eigenvalue weighted by Gasteiger charge is -2.24. The van der Waals surface area contributed by atoms with Gasteiger partial charge in [0, 0.05) is 31.3 Å². The number of aliphatic hydroxyl groups excluding tert-OH is 2. The van der Waals surface area contributed by atoms with Gasteiger partial charge in [-0.3, -0.25) is 9.78 Å². The van der Waals surface area contributed by atoms with Crippen molar-refractivity contribution in [1.29, 1.82) is 0 Å². The number of thiazole rings is 1. The van der Waals surface area contributed by atoms with Crippen LogP contribution in [0.25, 0.3) is 20.8 Å². The SMILES string of the molecule is COCCNc1nc(C)c(-c2nc3c(C4CC4)nccc3s2)c(N[C@@H]2C[C@H](C(=O)NC(C)(C)C)[C@@H](O)[C@H]2O)n1.Cl. The molecular weight excluding hydrogens is 554 g/mol. The first kappa shape index (κ1) is 30.3. The number of nitrogens with one attached hydrogen (secondary N) is 3. The molecule has 2 aliphatic rings. The van der Waals surface area contributed by atoms with Crippen LogP contribution >= 0.6 is 23.7 Å². The molecule has 0 aliphatic heterocycles. The third-order valence-corrected chi connectivity index (χ3v) is 8.07. The first-order chi connectivity index (χ1) is 18.6. The monoisotopic (exact) mass is 591 g/mol. The van der Waals surface area contributed by atoms with E-state index in [4.69, 9.17) is 14.7 Å². The van der Waals surface area contributed by atoms with E-state index < -0.39 is 29.7 Å². The van der Waals surface area contributed by atoms with Crippen LogP contribution in [0.3, 0.4) is 0 Å². The fraction of sp³-hybridized carbons (Fsp3) is 0.593. The summed E-state index contributed by atoms with van der Waals surface area (Å²) >= 11 is 1.55. The van der Waals surface area contributed by atoms with Crippen LogP contribution in [-0.4, -0.2) is 80.1 Å².